The minimum atomic E-state index is -1.75. The Morgan fingerprint density at radius 3 is 0.926 bits per heavy atom. The number of hydrogen-bond acceptors (Lipinski definition) is 8. The molecule has 27 heavy (non-hydrogen) atoms. The van der Waals surface area contributed by atoms with Gasteiger partial charge in [0.15, 0.2) is 24.8 Å². The summed E-state index contributed by atoms with van der Waals surface area (Å²) in [5.41, 5.74) is 2.22. The molecule has 0 aromatic carbocycles. The normalized spacial score (nSPS) is 7.19. The van der Waals surface area contributed by atoms with Gasteiger partial charge in [-0.25, -0.2) is 0 Å². The second-order valence-corrected chi connectivity index (χ2v) is 3.92. The Morgan fingerprint density at radius 2 is 0.815 bits per heavy atom. The first-order valence-corrected chi connectivity index (χ1v) is 5.98. The zero-order chi connectivity index (χ0) is 19.1. The third-order valence-corrected chi connectivity index (χ3v) is 1.94. The van der Waals surface area contributed by atoms with Gasteiger partial charge >= 0.3 is 0 Å². The van der Waals surface area contributed by atoms with Crippen LogP contribution in [0, 0.1) is 86.0 Å². The van der Waals surface area contributed by atoms with Gasteiger partial charge < -0.3 is 52.0 Å². The van der Waals surface area contributed by atoms with Gasteiger partial charge in [-0.1, -0.05) is 0 Å². The molecular formula is C12H14N4O10U-6. The van der Waals surface area contributed by atoms with Gasteiger partial charge in [-0.15, -0.1) is 0 Å². The van der Waals surface area contributed by atoms with Gasteiger partial charge in [0.05, 0.1) is 10.2 Å². The van der Waals surface area contributed by atoms with Gasteiger partial charge in [0.1, 0.15) is 0 Å². The quantitative estimate of drug-likeness (QED) is 0.175. The van der Waals surface area contributed by atoms with E-state index in [1.165, 1.54) is 24.8 Å². The van der Waals surface area contributed by atoms with E-state index in [1.807, 2.05) is 13.8 Å². The fraction of sp³-hybridized carbons (Fsp3) is 0.167. The maximum Gasteiger partial charge on any atom is 0.180 e. The SMILES string of the molecule is Cc1cc[n+]([O-])cc1.Cc1cc[n+]([O-])cc1.O=[N+]([O-])[O-].O=[N+]([O-])[O-].[O-2].[O-2].[U]. The largest absolute Gasteiger partial charge is 2.00 e. The van der Waals surface area contributed by atoms with Crippen molar-refractivity contribution in [1.29, 1.82) is 0 Å². The Hall–Kier alpha value is -2.73. The summed E-state index contributed by atoms with van der Waals surface area (Å²) < 4.78 is 1.54. The number of aryl methyl sites for hydroxylation is 2. The monoisotopic (exact) mass is 612 g/mol. The molecule has 0 atom stereocenters. The zero-order valence-electron chi connectivity index (χ0n) is 14.0. The summed E-state index contributed by atoms with van der Waals surface area (Å²) in [6.45, 7) is 3.89. The first-order valence-electron chi connectivity index (χ1n) is 5.98. The Kier molecular flexibility index (Phi) is 27.9. The van der Waals surface area contributed by atoms with Crippen LogP contribution in [0.2, 0.25) is 0 Å². The third kappa shape index (κ3) is 35.3. The van der Waals surface area contributed by atoms with E-state index >= 15 is 0 Å². The van der Waals surface area contributed by atoms with Crippen molar-refractivity contribution in [2.45, 2.75) is 13.8 Å². The van der Waals surface area contributed by atoms with Crippen LogP contribution < -0.4 is 9.46 Å². The van der Waals surface area contributed by atoms with Crippen LogP contribution >= 0.6 is 0 Å². The van der Waals surface area contributed by atoms with Gasteiger partial charge in [0, 0.05) is 55.4 Å². The van der Waals surface area contributed by atoms with Gasteiger partial charge in [-0.2, -0.15) is 9.46 Å². The maximum atomic E-state index is 10.3. The summed E-state index contributed by atoms with van der Waals surface area (Å²) in [5.74, 6) is 0. The summed E-state index contributed by atoms with van der Waals surface area (Å²) in [7, 11) is 0. The minimum Gasteiger partial charge on any atom is -2.00 e. The van der Waals surface area contributed by atoms with Crippen molar-refractivity contribution < 1.29 is 61.7 Å². The number of nitrogens with zero attached hydrogens (tertiary/aromatic N) is 4. The first kappa shape index (κ1) is 35.4. The number of pyridine rings is 2. The van der Waals surface area contributed by atoms with Crippen LogP contribution in [0.4, 0.5) is 0 Å². The van der Waals surface area contributed by atoms with Crippen molar-refractivity contribution in [3.05, 3.63) is 101 Å². The average molecular weight is 612 g/mol. The van der Waals surface area contributed by atoms with Crippen molar-refractivity contribution in [1.82, 2.24) is 0 Å². The second-order valence-electron chi connectivity index (χ2n) is 3.92. The number of rotatable bonds is 0. The van der Waals surface area contributed by atoms with Crippen LogP contribution in [0.15, 0.2) is 49.1 Å². The summed E-state index contributed by atoms with van der Waals surface area (Å²) in [5, 5.41) is 50.2. The molecule has 0 N–H and O–H groups in total. The molecule has 2 rings (SSSR count). The Balaban J connectivity index is -0.0000000809. The van der Waals surface area contributed by atoms with Gasteiger partial charge in [0.2, 0.25) is 0 Å². The first-order chi connectivity index (χ1) is 11.0. The van der Waals surface area contributed by atoms with Crippen LogP contribution in [0.5, 0.6) is 0 Å². The molecule has 2 aromatic heterocycles. The molecule has 0 aliphatic carbocycles. The zero-order valence-corrected chi connectivity index (χ0v) is 18.2. The standard InChI is InChI=1S/2C6H7NO.2NO3.2O.U/c2*1-6-2-4-7(8)5-3-6;2*2-1(3)4;;;/h2*2-5H,1H3;;;;;/q;;2*-1;2*-2;. The third-order valence-electron chi connectivity index (χ3n) is 1.94. The molecule has 0 spiro atoms. The molecule has 0 amide bonds. The van der Waals surface area contributed by atoms with E-state index in [1.54, 1.807) is 24.3 Å². The van der Waals surface area contributed by atoms with E-state index in [2.05, 4.69) is 0 Å². The minimum absolute atomic E-state index is 0. The molecule has 0 saturated heterocycles. The molecule has 14 nitrogen and oxygen atoms in total. The molecule has 2 aromatic rings. The molecule has 0 radical (unpaired) electrons. The summed E-state index contributed by atoms with van der Waals surface area (Å²) in [4.78, 5) is 16.5. The van der Waals surface area contributed by atoms with Crippen LogP contribution in [-0.2, 0) is 11.0 Å². The van der Waals surface area contributed by atoms with E-state index in [9.17, 15) is 10.4 Å². The summed E-state index contributed by atoms with van der Waals surface area (Å²) >= 11 is 0. The molecule has 0 unspecified atom stereocenters. The van der Waals surface area contributed by atoms with E-state index in [-0.39, 0.29) is 42.1 Å². The summed E-state index contributed by atoms with van der Waals surface area (Å²) in [6.07, 6.45) is 5.93. The van der Waals surface area contributed by atoms with Crippen molar-refractivity contribution in [3.63, 3.8) is 0 Å². The predicted molar refractivity (Wildman–Crippen MR) is 82.4 cm³/mol. The van der Waals surface area contributed by atoms with Gasteiger partial charge in [-0.3, -0.25) is 0 Å². The van der Waals surface area contributed by atoms with Crippen LogP contribution in [0.1, 0.15) is 11.1 Å². The van der Waals surface area contributed by atoms with Crippen molar-refractivity contribution in [2.24, 2.45) is 0 Å². The molecule has 2 heterocycles. The van der Waals surface area contributed by atoms with Crippen LogP contribution in [0.25, 0.3) is 0 Å². The van der Waals surface area contributed by atoms with Gasteiger partial charge in [0.25, 0.3) is 0 Å². The Labute approximate surface area is 176 Å². The van der Waals surface area contributed by atoms with Crippen molar-refractivity contribution in [3.8, 4) is 0 Å². The molecule has 0 fully saturated rings. The fourth-order valence-electron chi connectivity index (χ4n) is 0.975. The van der Waals surface area contributed by atoms with E-state index in [0.29, 0.717) is 0 Å². The van der Waals surface area contributed by atoms with E-state index in [0.717, 1.165) is 20.6 Å². The van der Waals surface area contributed by atoms with E-state index < -0.39 is 10.2 Å². The average Bonchev–Trinajstić information content (AvgIpc) is 2.45. The fourth-order valence-corrected chi connectivity index (χ4v) is 0.975. The molecule has 15 heteroatoms. The van der Waals surface area contributed by atoms with Crippen molar-refractivity contribution in [2.75, 3.05) is 0 Å². The second kappa shape index (κ2) is 21.3. The van der Waals surface area contributed by atoms with Crippen molar-refractivity contribution >= 4 is 0 Å². The number of hydrogen-bond donors (Lipinski definition) is 0. The Bertz CT molecular complexity index is 507. The Morgan fingerprint density at radius 1 is 0.667 bits per heavy atom. The molecular weight excluding hydrogens is 598 g/mol. The summed E-state index contributed by atoms with van der Waals surface area (Å²) in [6, 6.07) is 7.08. The topological polar surface area (TPSA) is 243 Å². The molecule has 0 bridgehead atoms. The van der Waals surface area contributed by atoms with Crippen LogP contribution in [-0.4, -0.2) is 10.2 Å². The molecule has 0 aliphatic rings. The molecule has 0 saturated carbocycles. The predicted octanol–water partition coefficient (Wildman–Crippen LogP) is 0.541. The number of aromatic nitrogens is 2. The molecule has 0 aliphatic heterocycles. The maximum absolute atomic E-state index is 10.3. The van der Waals surface area contributed by atoms with Gasteiger partial charge in [-0.05, 0) is 25.0 Å². The van der Waals surface area contributed by atoms with Crippen LogP contribution in [0.3, 0.4) is 0 Å². The smallest absolute Gasteiger partial charge is 0.180 e. The molecule has 152 valence electrons. The van der Waals surface area contributed by atoms with E-state index in [4.69, 9.17) is 30.6 Å².